The number of H-pyrrole nitrogens is 1. The van der Waals surface area contributed by atoms with Crippen molar-refractivity contribution in [3.05, 3.63) is 91.3 Å². The zero-order valence-electron chi connectivity index (χ0n) is 18.0. The first-order chi connectivity index (χ1) is 16.2. The lowest BCUT2D eigenvalue weighted by Crippen LogP contribution is -2.01. The molecule has 0 saturated carbocycles. The molecule has 0 unspecified atom stereocenters. The highest BCUT2D eigenvalue weighted by Gasteiger charge is 2.11. The number of hydrogen-bond acceptors (Lipinski definition) is 5. The molecule has 0 atom stereocenters. The van der Waals surface area contributed by atoms with E-state index in [1.807, 2.05) is 24.5 Å². The van der Waals surface area contributed by atoms with Gasteiger partial charge in [0.1, 0.15) is 0 Å². The number of anilines is 1. The molecule has 0 aliphatic carbocycles. The number of nitrogens with one attached hydrogen (secondary N) is 2. The first-order valence-electron chi connectivity index (χ1n) is 10.7. The third-order valence-corrected chi connectivity index (χ3v) is 5.88. The van der Waals surface area contributed by atoms with Crippen molar-refractivity contribution in [3.8, 4) is 22.4 Å². The molecule has 7 nitrogen and oxygen atoms in total. The fraction of sp³-hybridized carbons (Fsp3) is 0.0769. The van der Waals surface area contributed by atoms with Crippen molar-refractivity contribution in [2.75, 3.05) is 5.32 Å². The van der Waals surface area contributed by atoms with Crippen LogP contribution in [0.25, 0.3) is 44.3 Å². The van der Waals surface area contributed by atoms with E-state index < -0.39 is 0 Å². The summed E-state index contributed by atoms with van der Waals surface area (Å²) in [6, 6.07) is 16.9. The molecule has 0 saturated heterocycles. The number of aromatic nitrogens is 6. The molecule has 0 aliphatic heterocycles. The molecular weight excluding hydrogens is 410 g/mol. The van der Waals surface area contributed by atoms with Crippen molar-refractivity contribution in [1.82, 2.24) is 29.7 Å². The lowest BCUT2D eigenvalue weighted by molar-refractivity contribution is 0.969. The smallest absolute Gasteiger partial charge is 0.0966 e. The number of fused-ring (bicyclic) bond motifs is 2. The highest BCUT2D eigenvalue weighted by atomic mass is 15.1. The van der Waals surface area contributed by atoms with Crippen molar-refractivity contribution in [2.45, 2.75) is 6.54 Å². The average molecular weight is 432 g/mol. The number of rotatable bonds is 5. The van der Waals surface area contributed by atoms with Crippen LogP contribution in [-0.2, 0) is 13.6 Å². The molecule has 0 fully saturated rings. The van der Waals surface area contributed by atoms with Crippen LogP contribution in [-0.4, -0.2) is 29.7 Å². The Morgan fingerprint density at radius 3 is 2.76 bits per heavy atom. The summed E-state index contributed by atoms with van der Waals surface area (Å²) in [7, 11) is 2.06. The number of benzene rings is 2. The van der Waals surface area contributed by atoms with E-state index in [-0.39, 0.29) is 0 Å². The molecule has 7 heteroatoms. The van der Waals surface area contributed by atoms with E-state index >= 15 is 0 Å². The Labute approximate surface area is 190 Å². The van der Waals surface area contributed by atoms with Crippen molar-refractivity contribution in [1.29, 1.82) is 0 Å². The summed E-state index contributed by atoms with van der Waals surface area (Å²) in [5.74, 6) is 0. The van der Waals surface area contributed by atoms with Gasteiger partial charge in [-0.2, -0.15) is 5.10 Å². The summed E-state index contributed by atoms with van der Waals surface area (Å²) < 4.78 is 2.13. The predicted octanol–water partition coefficient (Wildman–Crippen LogP) is 5.19. The summed E-state index contributed by atoms with van der Waals surface area (Å²) in [5.41, 5.74) is 9.11. The van der Waals surface area contributed by atoms with Crippen LogP contribution in [0.3, 0.4) is 0 Å². The second kappa shape index (κ2) is 7.87. The van der Waals surface area contributed by atoms with E-state index in [4.69, 9.17) is 0 Å². The first kappa shape index (κ1) is 19.2. The second-order valence-corrected chi connectivity index (χ2v) is 8.05. The maximum atomic E-state index is 4.63. The highest BCUT2D eigenvalue weighted by molar-refractivity contribution is 5.97. The number of nitrogens with zero attached hydrogens (tertiary/aromatic N) is 5. The fourth-order valence-corrected chi connectivity index (χ4v) is 4.18. The number of aryl methyl sites for hydroxylation is 1. The SMILES string of the molecule is Cn1ccc2ccc(-c3cc(NCc4cncc(-c5ccn[nH]5)c4)cc4nccnc34)cc21. The standard InChI is InChI=1S/C26H21N7/c1-33-9-5-18-2-3-19(11-25(18)33)22-12-21(13-24-26(22)29-8-7-28-24)30-15-17-10-20(16-27-14-17)23-4-6-31-32-23/h2-14,16,30H,15H2,1H3,(H,31,32). The van der Waals surface area contributed by atoms with E-state index in [9.17, 15) is 0 Å². The summed E-state index contributed by atoms with van der Waals surface area (Å²) in [4.78, 5) is 13.6. The Bertz CT molecular complexity index is 1580. The maximum Gasteiger partial charge on any atom is 0.0966 e. The van der Waals surface area contributed by atoms with E-state index in [0.29, 0.717) is 6.54 Å². The number of pyridine rings is 1. The predicted molar refractivity (Wildman–Crippen MR) is 131 cm³/mol. The van der Waals surface area contributed by atoms with Gasteiger partial charge in [-0.25, -0.2) is 0 Å². The topological polar surface area (TPSA) is 84.3 Å². The number of aromatic amines is 1. The average Bonchev–Trinajstić information content (AvgIpc) is 3.53. The Hall–Kier alpha value is -4.52. The molecule has 2 aromatic carbocycles. The number of hydrogen-bond donors (Lipinski definition) is 2. The van der Waals surface area contributed by atoms with Gasteiger partial charge in [-0.1, -0.05) is 12.1 Å². The zero-order valence-corrected chi connectivity index (χ0v) is 18.0. The third kappa shape index (κ3) is 3.59. The molecule has 0 aliphatic rings. The monoisotopic (exact) mass is 431 g/mol. The Morgan fingerprint density at radius 1 is 0.909 bits per heavy atom. The van der Waals surface area contributed by atoms with Gasteiger partial charge in [0.15, 0.2) is 0 Å². The van der Waals surface area contributed by atoms with Gasteiger partial charge < -0.3 is 9.88 Å². The minimum atomic E-state index is 0.636. The van der Waals surface area contributed by atoms with Crippen molar-refractivity contribution in [3.63, 3.8) is 0 Å². The van der Waals surface area contributed by atoms with Crippen LogP contribution in [0.15, 0.2) is 85.7 Å². The van der Waals surface area contributed by atoms with Gasteiger partial charge in [-0.3, -0.25) is 20.1 Å². The Morgan fingerprint density at radius 2 is 1.85 bits per heavy atom. The second-order valence-electron chi connectivity index (χ2n) is 8.05. The van der Waals surface area contributed by atoms with Crippen LogP contribution in [0.2, 0.25) is 0 Å². The molecule has 6 aromatic rings. The van der Waals surface area contributed by atoms with Gasteiger partial charge in [0.05, 0.1) is 16.7 Å². The lowest BCUT2D eigenvalue weighted by atomic mass is 10.0. The third-order valence-electron chi connectivity index (χ3n) is 5.88. The van der Waals surface area contributed by atoms with Crippen molar-refractivity contribution >= 4 is 27.6 Å². The highest BCUT2D eigenvalue weighted by Crippen LogP contribution is 2.32. The molecular formula is C26H21N7. The molecule has 6 rings (SSSR count). The van der Waals surface area contributed by atoms with Crippen LogP contribution in [0, 0.1) is 0 Å². The van der Waals surface area contributed by atoms with E-state index in [1.165, 1.54) is 10.9 Å². The van der Waals surface area contributed by atoms with Gasteiger partial charge in [0.25, 0.3) is 0 Å². The van der Waals surface area contributed by atoms with Gasteiger partial charge >= 0.3 is 0 Å². The minimum absolute atomic E-state index is 0.636. The zero-order chi connectivity index (χ0) is 22.2. The quantitative estimate of drug-likeness (QED) is 0.393. The van der Waals surface area contributed by atoms with Crippen LogP contribution in [0.1, 0.15) is 5.56 Å². The van der Waals surface area contributed by atoms with Crippen LogP contribution in [0.5, 0.6) is 0 Å². The maximum absolute atomic E-state index is 4.63. The molecule has 0 bridgehead atoms. The summed E-state index contributed by atoms with van der Waals surface area (Å²) >= 11 is 0. The fourth-order valence-electron chi connectivity index (χ4n) is 4.18. The Kier molecular flexibility index (Phi) is 4.58. The molecule has 0 radical (unpaired) electrons. The minimum Gasteiger partial charge on any atom is -0.381 e. The summed E-state index contributed by atoms with van der Waals surface area (Å²) in [5, 5.41) is 11.8. The molecule has 2 N–H and O–H groups in total. The first-order valence-corrected chi connectivity index (χ1v) is 10.7. The van der Waals surface area contributed by atoms with E-state index in [1.54, 1.807) is 18.6 Å². The molecule has 33 heavy (non-hydrogen) atoms. The van der Waals surface area contributed by atoms with E-state index in [0.717, 1.165) is 44.7 Å². The van der Waals surface area contributed by atoms with Gasteiger partial charge in [0.2, 0.25) is 0 Å². The van der Waals surface area contributed by atoms with Crippen LogP contribution < -0.4 is 5.32 Å². The van der Waals surface area contributed by atoms with E-state index in [2.05, 4.69) is 84.7 Å². The largest absolute Gasteiger partial charge is 0.381 e. The van der Waals surface area contributed by atoms with Gasteiger partial charge in [0, 0.05) is 73.1 Å². The Balaban J connectivity index is 1.36. The summed E-state index contributed by atoms with van der Waals surface area (Å²) in [6.45, 7) is 0.636. The van der Waals surface area contributed by atoms with Gasteiger partial charge in [-0.05, 0) is 52.9 Å². The summed E-state index contributed by atoms with van der Waals surface area (Å²) in [6.07, 6.45) is 11.0. The molecule has 160 valence electrons. The van der Waals surface area contributed by atoms with Crippen LogP contribution >= 0.6 is 0 Å². The molecule has 4 aromatic heterocycles. The molecule has 4 heterocycles. The normalized spacial score (nSPS) is 11.3. The van der Waals surface area contributed by atoms with Crippen molar-refractivity contribution < 1.29 is 0 Å². The van der Waals surface area contributed by atoms with Crippen LogP contribution in [0.4, 0.5) is 5.69 Å². The molecule has 0 spiro atoms. The molecule has 0 amide bonds. The van der Waals surface area contributed by atoms with Crippen molar-refractivity contribution in [2.24, 2.45) is 7.05 Å². The van der Waals surface area contributed by atoms with Gasteiger partial charge in [-0.15, -0.1) is 0 Å². The lowest BCUT2D eigenvalue weighted by Gasteiger charge is -2.12.